The highest BCUT2D eigenvalue weighted by Crippen LogP contribution is 2.38. The van der Waals surface area contributed by atoms with Crippen molar-refractivity contribution in [3.05, 3.63) is 93.4 Å². The van der Waals surface area contributed by atoms with Gasteiger partial charge in [0.15, 0.2) is 0 Å². The highest BCUT2D eigenvalue weighted by molar-refractivity contribution is 6.05. The van der Waals surface area contributed by atoms with Crippen molar-refractivity contribution in [2.75, 3.05) is 23.3 Å². The Hall–Kier alpha value is -4.06. The Balaban J connectivity index is 1.53. The van der Waals surface area contributed by atoms with E-state index in [-0.39, 0.29) is 11.1 Å². The maximum atomic E-state index is 15.0. The normalized spacial score (nSPS) is 14.9. The van der Waals surface area contributed by atoms with Crippen LogP contribution < -0.4 is 15.8 Å². The van der Waals surface area contributed by atoms with Gasteiger partial charge >= 0.3 is 0 Å². The van der Waals surface area contributed by atoms with Crippen molar-refractivity contribution in [3.63, 3.8) is 0 Å². The van der Waals surface area contributed by atoms with Crippen molar-refractivity contribution in [3.8, 4) is 6.07 Å². The third-order valence-corrected chi connectivity index (χ3v) is 6.30. The number of anilines is 2. The minimum atomic E-state index is -1.56. The first-order valence-corrected chi connectivity index (χ1v) is 11.1. The summed E-state index contributed by atoms with van der Waals surface area (Å²) in [5.74, 6) is -2.70. The predicted octanol–water partition coefficient (Wildman–Crippen LogP) is 4.71. The zero-order chi connectivity index (χ0) is 25.1. The minimum absolute atomic E-state index is 0.0383. The number of amides is 1. The monoisotopic (exact) mass is 480 g/mol. The van der Waals surface area contributed by atoms with Crippen LogP contribution in [0.25, 0.3) is 0 Å². The first-order chi connectivity index (χ1) is 16.8. The highest BCUT2D eigenvalue weighted by Gasteiger charge is 2.30. The van der Waals surface area contributed by atoms with Gasteiger partial charge in [-0.2, -0.15) is 5.26 Å². The fourth-order valence-corrected chi connectivity index (χ4v) is 4.35. The van der Waals surface area contributed by atoms with Crippen molar-refractivity contribution >= 4 is 17.3 Å². The number of carbonyl (C=O) groups excluding carboxylic acids is 1. The SMILES string of the molecule is Cn1cccc(C(=O)Nc2cc(C#N)ccc2N2CCC([C@H](F)c3ccc(F)cc3F)CC2)c1=O. The van der Waals surface area contributed by atoms with Crippen LogP contribution in [-0.2, 0) is 7.05 Å². The Labute approximate surface area is 200 Å². The average molecular weight is 480 g/mol. The Bertz CT molecular complexity index is 1360. The van der Waals surface area contributed by atoms with Gasteiger partial charge in [-0.15, -0.1) is 0 Å². The first kappa shape index (κ1) is 24.1. The smallest absolute Gasteiger partial charge is 0.263 e. The van der Waals surface area contributed by atoms with Gasteiger partial charge in [0.1, 0.15) is 23.4 Å². The molecule has 1 N–H and O–H groups in total. The second-order valence-electron chi connectivity index (χ2n) is 8.53. The van der Waals surface area contributed by atoms with Gasteiger partial charge in [0.25, 0.3) is 11.5 Å². The van der Waals surface area contributed by atoms with E-state index >= 15 is 4.39 Å². The number of aryl methyl sites for hydroxylation is 1. The van der Waals surface area contributed by atoms with E-state index in [9.17, 15) is 23.6 Å². The fourth-order valence-electron chi connectivity index (χ4n) is 4.35. The Morgan fingerprint density at radius 3 is 2.57 bits per heavy atom. The lowest BCUT2D eigenvalue weighted by molar-refractivity contribution is 0.102. The number of halogens is 3. The van der Waals surface area contributed by atoms with Crippen molar-refractivity contribution in [1.29, 1.82) is 5.26 Å². The first-order valence-electron chi connectivity index (χ1n) is 11.1. The van der Waals surface area contributed by atoms with Gasteiger partial charge in [0.2, 0.25) is 0 Å². The number of rotatable bonds is 5. The lowest BCUT2D eigenvalue weighted by atomic mass is 9.88. The molecular formula is C26H23F3N4O2. The summed E-state index contributed by atoms with van der Waals surface area (Å²) in [6.45, 7) is 0.853. The van der Waals surface area contributed by atoms with Gasteiger partial charge in [-0.1, -0.05) is 6.07 Å². The van der Waals surface area contributed by atoms with Gasteiger partial charge < -0.3 is 14.8 Å². The van der Waals surface area contributed by atoms with Gasteiger partial charge in [0.05, 0.1) is 23.0 Å². The number of piperidine rings is 1. The molecule has 1 saturated heterocycles. The number of hydrogen-bond donors (Lipinski definition) is 1. The molecule has 35 heavy (non-hydrogen) atoms. The quantitative estimate of drug-likeness (QED) is 0.574. The topological polar surface area (TPSA) is 78.1 Å². The zero-order valence-electron chi connectivity index (χ0n) is 19.0. The summed E-state index contributed by atoms with van der Waals surface area (Å²) in [6, 6.07) is 12.8. The van der Waals surface area contributed by atoms with Crippen LogP contribution in [0.15, 0.2) is 59.5 Å². The third-order valence-electron chi connectivity index (χ3n) is 6.30. The molecule has 9 heteroatoms. The summed E-state index contributed by atoms with van der Waals surface area (Å²) in [6.07, 6.45) is 0.794. The number of nitrogens with one attached hydrogen (secondary N) is 1. The van der Waals surface area contributed by atoms with Crippen LogP contribution in [0.4, 0.5) is 24.5 Å². The van der Waals surface area contributed by atoms with Gasteiger partial charge in [0, 0.05) is 38.0 Å². The maximum absolute atomic E-state index is 15.0. The number of carbonyl (C=O) groups is 1. The van der Waals surface area contributed by atoms with Crippen LogP contribution in [0.5, 0.6) is 0 Å². The molecule has 1 aliphatic heterocycles. The molecule has 1 aliphatic rings. The number of hydrogen-bond acceptors (Lipinski definition) is 4. The second-order valence-corrected chi connectivity index (χ2v) is 8.53. The Morgan fingerprint density at radius 1 is 1.14 bits per heavy atom. The summed E-state index contributed by atoms with van der Waals surface area (Å²) < 4.78 is 43.6. The number of alkyl halides is 1. The molecule has 4 rings (SSSR count). The molecule has 2 heterocycles. The summed E-state index contributed by atoms with van der Waals surface area (Å²) in [4.78, 5) is 27.1. The van der Waals surface area contributed by atoms with Crippen molar-refractivity contribution in [2.45, 2.75) is 19.0 Å². The standard InChI is InChI=1S/C26H23F3N4O2/c1-32-10-2-3-20(26(32)35)25(34)31-22-13-16(15-30)4-7-23(22)33-11-8-17(9-12-33)24(29)19-6-5-18(27)14-21(19)28/h2-7,10,13-14,17,24H,8-9,11-12H2,1H3,(H,31,34)/t24-/m0/s1. The molecule has 1 amide bonds. The number of aromatic nitrogens is 1. The van der Waals surface area contributed by atoms with E-state index in [2.05, 4.69) is 5.32 Å². The van der Waals surface area contributed by atoms with E-state index < -0.39 is 35.2 Å². The summed E-state index contributed by atoms with van der Waals surface area (Å²) in [5, 5.41) is 12.0. The van der Waals surface area contributed by atoms with E-state index in [0.717, 1.165) is 12.1 Å². The minimum Gasteiger partial charge on any atom is -0.370 e. The van der Waals surface area contributed by atoms with Crippen LogP contribution >= 0.6 is 0 Å². The lowest BCUT2D eigenvalue weighted by Gasteiger charge is -2.36. The molecule has 180 valence electrons. The zero-order valence-corrected chi connectivity index (χ0v) is 19.0. The molecule has 0 unspecified atom stereocenters. The van der Waals surface area contributed by atoms with E-state index in [0.29, 0.717) is 48.9 Å². The van der Waals surface area contributed by atoms with Crippen LogP contribution in [-0.4, -0.2) is 23.6 Å². The summed E-state index contributed by atoms with van der Waals surface area (Å²) in [7, 11) is 1.54. The Kier molecular flexibility index (Phi) is 6.92. The van der Waals surface area contributed by atoms with E-state index in [1.807, 2.05) is 11.0 Å². The molecule has 0 bridgehead atoms. The molecule has 1 fully saturated rings. The van der Waals surface area contributed by atoms with E-state index in [1.54, 1.807) is 31.4 Å². The third kappa shape index (κ3) is 5.06. The Morgan fingerprint density at radius 2 is 1.89 bits per heavy atom. The largest absolute Gasteiger partial charge is 0.370 e. The number of benzene rings is 2. The molecular weight excluding hydrogens is 457 g/mol. The van der Waals surface area contributed by atoms with Crippen LogP contribution in [0.1, 0.15) is 40.5 Å². The molecule has 2 aromatic carbocycles. The highest BCUT2D eigenvalue weighted by atomic mass is 19.1. The fraction of sp³-hybridized carbons (Fsp3) is 0.269. The second kappa shape index (κ2) is 10.1. The number of nitrogens with zero attached hydrogens (tertiary/aromatic N) is 3. The predicted molar refractivity (Wildman–Crippen MR) is 126 cm³/mol. The van der Waals surface area contributed by atoms with Crippen molar-refractivity contribution in [2.24, 2.45) is 13.0 Å². The van der Waals surface area contributed by atoms with E-state index in [4.69, 9.17) is 0 Å². The molecule has 0 radical (unpaired) electrons. The van der Waals surface area contributed by atoms with E-state index in [1.165, 1.54) is 16.7 Å². The molecule has 0 spiro atoms. The molecule has 1 aromatic heterocycles. The average Bonchev–Trinajstić information content (AvgIpc) is 2.85. The lowest BCUT2D eigenvalue weighted by Crippen LogP contribution is -2.36. The van der Waals surface area contributed by atoms with Crippen LogP contribution in [0.2, 0.25) is 0 Å². The summed E-state index contributed by atoms with van der Waals surface area (Å²) in [5.41, 5.74) is 0.678. The number of nitriles is 1. The van der Waals surface area contributed by atoms with Crippen molar-refractivity contribution in [1.82, 2.24) is 4.57 Å². The van der Waals surface area contributed by atoms with Crippen LogP contribution in [0, 0.1) is 28.9 Å². The molecule has 3 aromatic rings. The maximum Gasteiger partial charge on any atom is 0.263 e. The molecule has 0 aliphatic carbocycles. The van der Waals surface area contributed by atoms with Gasteiger partial charge in [-0.25, -0.2) is 13.2 Å². The van der Waals surface area contributed by atoms with Crippen molar-refractivity contribution < 1.29 is 18.0 Å². The van der Waals surface area contributed by atoms with Crippen LogP contribution in [0.3, 0.4) is 0 Å². The molecule has 6 nitrogen and oxygen atoms in total. The molecule has 1 atom stereocenters. The summed E-state index contributed by atoms with van der Waals surface area (Å²) >= 11 is 0. The van der Waals surface area contributed by atoms with Gasteiger partial charge in [-0.05, 0) is 55.2 Å². The van der Waals surface area contributed by atoms with Gasteiger partial charge in [-0.3, -0.25) is 9.59 Å². The molecule has 0 saturated carbocycles. The number of pyridine rings is 1.